The van der Waals surface area contributed by atoms with Gasteiger partial charge in [0.05, 0.1) is 23.8 Å². The van der Waals surface area contributed by atoms with Crippen LogP contribution in [0.25, 0.3) is 22.0 Å². The van der Waals surface area contributed by atoms with Crippen molar-refractivity contribution in [2.45, 2.75) is 50.2 Å². The number of ketones is 1. The van der Waals surface area contributed by atoms with Crippen LogP contribution < -0.4 is 14.8 Å². The van der Waals surface area contributed by atoms with Crippen molar-refractivity contribution < 1.29 is 28.6 Å². The topological polar surface area (TPSA) is 106 Å². The van der Waals surface area contributed by atoms with Crippen molar-refractivity contribution in [3.8, 4) is 22.6 Å². The number of halogens is 1. The zero-order valence-corrected chi connectivity index (χ0v) is 23.6. The van der Waals surface area contributed by atoms with Gasteiger partial charge in [0.2, 0.25) is 5.78 Å². The van der Waals surface area contributed by atoms with Crippen LogP contribution in [-0.4, -0.2) is 70.1 Å². The van der Waals surface area contributed by atoms with Gasteiger partial charge in [0.1, 0.15) is 6.10 Å². The predicted octanol–water partition coefficient (Wildman–Crippen LogP) is 4.60. The van der Waals surface area contributed by atoms with Crippen molar-refractivity contribution >= 4 is 22.6 Å². The van der Waals surface area contributed by atoms with Gasteiger partial charge in [-0.15, -0.1) is 0 Å². The van der Waals surface area contributed by atoms with Crippen LogP contribution in [0.2, 0.25) is 0 Å². The Balaban J connectivity index is 1.06. The maximum Gasteiger partial charge on any atom is 0.292 e. The monoisotopic (exact) mass is 584 g/mol. The lowest BCUT2D eigenvalue weighted by atomic mass is 9.99. The average molecular weight is 585 g/mol. The standard InChI is InChI=1S/C33H33FN4O5/c34-30-19-42-28-12-8-23(16-29(28)43-30)31(39)26(18-37-13-1-2-14-37)36-33(41)32(40)21-5-3-20(4-6-21)22-7-11-27-24(15-22)17-35-38(27)25-9-10-25/h3-8,11-12,15-17,25-26,30-31,39H,1-2,9-10,13-14,18-19H2,(H,36,41)/t26-,30?,31-/m1/s1. The van der Waals surface area contributed by atoms with Gasteiger partial charge in [0.25, 0.3) is 12.3 Å². The fourth-order valence-electron chi connectivity index (χ4n) is 5.97. The molecule has 0 bridgehead atoms. The number of ether oxygens (including phenoxy) is 2. The van der Waals surface area contributed by atoms with Gasteiger partial charge in [-0.05, 0) is 79.7 Å². The molecule has 2 aliphatic heterocycles. The fourth-order valence-corrected chi connectivity index (χ4v) is 5.97. The lowest BCUT2D eigenvalue weighted by Gasteiger charge is -2.29. The molecule has 2 fully saturated rings. The summed E-state index contributed by atoms with van der Waals surface area (Å²) in [5.74, 6) is -0.912. The third-order valence-electron chi connectivity index (χ3n) is 8.46. The van der Waals surface area contributed by atoms with Crippen LogP contribution in [0.15, 0.2) is 66.9 Å². The minimum Gasteiger partial charge on any atom is -0.483 e. The Labute approximate surface area is 248 Å². The minimum atomic E-state index is -1.60. The largest absolute Gasteiger partial charge is 0.483 e. The molecule has 1 aliphatic carbocycles. The van der Waals surface area contributed by atoms with E-state index in [0.717, 1.165) is 48.0 Å². The molecular formula is C33H33FN4O5. The molecule has 1 unspecified atom stereocenters. The van der Waals surface area contributed by atoms with Crippen LogP contribution in [0.3, 0.4) is 0 Å². The summed E-state index contributed by atoms with van der Waals surface area (Å²) in [4.78, 5) is 28.6. The lowest BCUT2D eigenvalue weighted by Crippen LogP contribution is -2.48. The molecule has 7 rings (SSSR count). The Hall–Kier alpha value is -4.28. The zero-order valence-electron chi connectivity index (χ0n) is 23.6. The second-order valence-corrected chi connectivity index (χ2v) is 11.6. The Morgan fingerprint density at radius 2 is 1.77 bits per heavy atom. The minimum absolute atomic E-state index is 0.189. The number of carbonyl (C=O) groups is 2. The maximum absolute atomic E-state index is 13.7. The molecule has 0 spiro atoms. The Kier molecular flexibility index (Phi) is 7.32. The SMILES string of the molecule is O=C(N[C@H](CN1CCCC1)[C@H](O)c1ccc2c(c1)OC(F)CO2)C(=O)c1ccc(-c2ccc3c(cnn3C3CC3)c2)cc1. The highest BCUT2D eigenvalue weighted by molar-refractivity contribution is 6.42. The Morgan fingerprint density at radius 1 is 1.00 bits per heavy atom. The smallest absolute Gasteiger partial charge is 0.292 e. The van der Waals surface area contributed by atoms with Crippen LogP contribution in [0.1, 0.15) is 53.8 Å². The summed E-state index contributed by atoms with van der Waals surface area (Å²) in [6.07, 6.45) is 3.51. The number of carbonyl (C=O) groups excluding carboxylic acids is 2. The van der Waals surface area contributed by atoms with E-state index in [2.05, 4.69) is 32.1 Å². The number of Topliss-reactive ketones (excluding diaryl/α,β-unsaturated/α-hetero) is 1. The van der Waals surface area contributed by atoms with Crippen LogP contribution in [0, 0.1) is 0 Å². The van der Waals surface area contributed by atoms with E-state index in [-0.39, 0.29) is 17.9 Å². The molecule has 1 saturated carbocycles. The molecule has 2 N–H and O–H groups in total. The summed E-state index contributed by atoms with van der Waals surface area (Å²) >= 11 is 0. The van der Waals surface area contributed by atoms with Gasteiger partial charge in [-0.2, -0.15) is 9.49 Å². The van der Waals surface area contributed by atoms with E-state index in [1.165, 1.54) is 18.9 Å². The average Bonchev–Trinajstić information content (AvgIpc) is 3.57. The first-order valence-corrected chi connectivity index (χ1v) is 14.8. The van der Waals surface area contributed by atoms with Crippen LogP contribution >= 0.6 is 0 Å². The van der Waals surface area contributed by atoms with E-state index in [1.807, 2.05) is 24.4 Å². The van der Waals surface area contributed by atoms with Crippen molar-refractivity contribution in [3.63, 3.8) is 0 Å². The van der Waals surface area contributed by atoms with E-state index in [4.69, 9.17) is 9.47 Å². The molecular weight excluding hydrogens is 551 g/mol. The molecule has 3 aromatic carbocycles. The third kappa shape index (κ3) is 5.72. The van der Waals surface area contributed by atoms with Gasteiger partial charge in [-0.25, -0.2) is 0 Å². The second-order valence-electron chi connectivity index (χ2n) is 11.6. The van der Waals surface area contributed by atoms with E-state index in [1.54, 1.807) is 24.3 Å². The summed E-state index contributed by atoms with van der Waals surface area (Å²) in [5, 5.41) is 19.7. The van der Waals surface area contributed by atoms with Crippen LogP contribution in [0.5, 0.6) is 11.5 Å². The first-order valence-electron chi connectivity index (χ1n) is 14.8. The highest BCUT2D eigenvalue weighted by Crippen LogP contribution is 2.38. The van der Waals surface area contributed by atoms with Crippen LogP contribution in [0.4, 0.5) is 4.39 Å². The molecule has 3 atom stereocenters. The third-order valence-corrected chi connectivity index (χ3v) is 8.46. The van der Waals surface area contributed by atoms with E-state index >= 15 is 0 Å². The molecule has 0 radical (unpaired) electrons. The van der Waals surface area contributed by atoms with Crippen LogP contribution in [-0.2, 0) is 4.79 Å². The first-order chi connectivity index (χ1) is 20.9. The van der Waals surface area contributed by atoms with Gasteiger partial charge in [0, 0.05) is 17.5 Å². The number of nitrogens with one attached hydrogen (secondary N) is 1. The number of likely N-dealkylation sites (tertiary alicyclic amines) is 1. The normalized spacial score (nSPS) is 19.7. The number of aromatic nitrogens is 2. The molecule has 10 heteroatoms. The van der Waals surface area contributed by atoms with Gasteiger partial charge in [-0.1, -0.05) is 36.4 Å². The number of amides is 1. The van der Waals surface area contributed by atoms with E-state index in [9.17, 15) is 19.1 Å². The quantitative estimate of drug-likeness (QED) is 0.219. The van der Waals surface area contributed by atoms with Gasteiger partial charge in [-0.3, -0.25) is 14.3 Å². The molecule has 9 nitrogen and oxygen atoms in total. The second kappa shape index (κ2) is 11.4. The predicted molar refractivity (Wildman–Crippen MR) is 158 cm³/mol. The fraction of sp³-hybridized carbons (Fsp3) is 0.364. The molecule has 222 valence electrons. The van der Waals surface area contributed by atoms with Crippen molar-refractivity contribution in [1.29, 1.82) is 0 Å². The molecule has 3 aliphatic rings. The molecule has 1 amide bonds. The number of nitrogens with zero attached hydrogens (tertiary/aromatic N) is 3. The van der Waals surface area contributed by atoms with Crippen molar-refractivity contribution in [2.24, 2.45) is 0 Å². The zero-order chi connectivity index (χ0) is 29.5. The number of alkyl halides is 1. The number of hydrogen-bond acceptors (Lipinski definition) is 7. The van der Waals surface area contributed by atoms with Gasteiger partial charge < -0.3 is 24.8 Å². The number of benzene rings is 3. The Bertz CT molecular complexity index is 1660. The number of rotatable bonds is 9. The Morgan fingerprint density at radius 3 is 2.53 bits per heavy atom. The van der Waals surface area contributed by atoms with Crippen molar-refractivity contribution in [3.05, 3.63) is 78.0 Å². The first kappa shape index (κ1) is 27.5. The summed E-state index contributed by atoms with van der Waals surface area (Å²) in [6, 6.07) is 17.7. The maximum atomic E-state index is 13.7. The summed E-state index contributed by atoms with van der Waals surface area (Å²) in [7, 11) is 0. The van der Waals surface area contributed by atoms with Crippen molar-refractivity contribution in [1.82, 2.24) is 20.0 Å². The number of aliphatic hydroxyl groups is 1. The summed E-state index contributed by atoms with van der Waals surface area (Å²) in [5.41, 5.74) is 3.72. The van der Waals surface area contributed by atoms with Gasteiger partial charge >= 0.3 is 0 Å². The number of fused-ring (bicyclic) bond motifs is 2. The lowest BCUT2D eigenvalue weighted by molar-refractivity contribution is -0.118. The molecule has 4 aromatic rings. The summed E-state index contributed by atoms with van der Waals surface area (Å²) < 4.78 is 26.4. The molecule has 1 saturated heterocycles. The summed E-state index contributed by atoms with van der Waals surface area (Å²) in [6.45, 7) is 1.84. The highest BCUT2D eigenvalue weighted by atomic mass is 19.1. The molecule has 1 aromatic heterocycles. The molecule has 3 heterocycles. The highest BCUT2D eigenvalue weighted by Gasteiger charge is 2.31. The molecule has 43 heavy (non-hydrogen) atoms. The van der Waals surface area contributed by atoms with E-state index < -0.39 is 30.2 Å². The number of aliphatic hydroxyl groups excluding tert-OH is 1. The van der Waals surface area contributed by atoms with Gasteiger partial charge in [0.15, 0.2) is 18.1 Å². The number of hydrogen-bond donors (Lipinski definition) is 2. The van der Waals surface area contributed by atoms with Crippen molar-refractivity contribution in [2.75, 3.05) is 26.2 Å². The van der Waals surface area contributed by atoms with E-state index in [0.29, 0.717) is 23.9 Å².